The van der Waals surface area contributed by atoms with Gasteiger partial charge >= 0.3 is 30.3 Å². The molecule has 2 heterocycles. The van der Waals surface area contributed by atoms with Gasteiger partial charge in [-0.3, -0.25) is 0 Å². The Labute approximate surface area is 292 Å². The summed E-state index contributed by atoms with van der Waals surface area (Å²) in [4.78, 5) is 38.7. The second-order valence-electron chi connectivity index (χ2n) is 11.1. The number of hydrogen-bond acceptors (Lipinski definition) is 6. The fraction of sp³-hybridized carbons (Fsp3) is 0.286. The molecule has 3 aromatic carbocycles. The predicted molar refractivity (Wildman–Crippen MR) is 176 cm³/mol. The average molecular weight is 737 g/mol. The van der Waals surface area contributed by atoms with E-state index in [0.717, 1.165) is 58.6 Å². The van der Waals surface area contributed by atoms with Gasteiger partial charge in [0, 0.05) is 25.4 Å². The number of unbranched alkanes of at least 4 members (excludes halogenated alkanes) is 1. The molecule has 0 atom stereocenters. The van der Waals surface area contributed by atoms with Gasteiger partial charge in [0.2, 0.25) is 0 Å². The molecule has 0 aliphatic carbocycles. The number of carbonyl (C=O) groups is 3. The summed E-state index contributed by atoms with van der Waals surface area (Å²) in [5, 5.41) is 23.8. The smallest absolute Gasteiger partial charge is 0.489 e. The molecule has 278 valence electrons. The van der Waals surface area contributed by atoms with Crippen LogP contribution in [-0.2, 0) is 29.1 Å². The van der Waals surface area contributed by atoms with Crippen molar-refractivity contribution in [3.05, 3.63) is 102 Å². The minimum Gasteiger partial charge on any atom is -0.489 e. The number of aryl methyl sites for hydroxylation is 2. The summed E-state index contributed by atoms with van der Waals surface area (Å²) >= 11 is 0. The molecule has 52 heavy (non-hydrogen) atoms. The van der Waals surface area contributed by atoms with Gasteiger partial charge in [-0.15, -0.1) is 0 Å². The van der Waals surface area contributed by atoms with E-state index in [1.54, 1.807) is 24.7 Å². The van der Waals surface area contributed by atoms with E-state index in [1.807, 2.05) is 41.1 Å². The van der Waals surface area contributed by atoms with Gasteiger partial charge in [0.25, 0.3) is 0 Å². The summed E-state index contributed by atoms with van der Waals surface area (Å²) in [7, 11) is 0. The highest BCUT2D eigenvalue weighted by molar-refractivity contribution is 5.96. The Morgan fingerprint density at radius 3 is 2.02 bits per heavy atom. The molecule has 0 aliphatic heterocycles. The number of nitrogens with zero attached hydrogens (tertiary/aromatic N) is 4. The lowest BCUT2D eigenvalue weighted by Gasteiger charge is -2.14. The largest absolute Gasteiger partial charge is 0.490 e. The molecule has 0 amide bonds. The normalized spacial score (nSPS) is 11.2. The van der Waals surface area contributed by atoms with Crippen LogP contribution in [0.1, 0.15) is 47.1 Å². The van der Waals surface area contributed by atoms with Gasteiger partial charge < -0.3 is 29.2 Å². The molecule has 0 saturated heterocycles. The Morgan fingerprint density at radius 1 is 0.865 bits per heavy atom. The first-order valence-corrected chi connectivity index (χ1v) is 15.5. The molecule has 0 spiro atoms. The predicted octanol–water partition coefficient (Wildman–Crippen LogP) is 7.64. The van der Waals surface area contributed by atoms with E-state index in [9.17, 15) is 36.2 Å². The number of fused-ring (bicyclic) bond motifs is 1. The SMILES string of the molecule is CCCCc1nc2c(C)ccc(OCCn3ccnc3)c2n1Cc1ccc(-c2ccccc2C(=O)O)cc1.O=C(O)C(F)(F)F.O=C(O)C(F)(F)F. The quantitative estimate of drug-likeness (QED) is 0.116. The summed E-state index contributed by atoms with van der Waals surface area (Å²) in [6, 6.07) is 19.3. The van der Waals surface area contributed by atoms with Crippen molar-refractivity contribution >= 4 is 28.9 Å². The van der Waals surface area contributed by atoms with Crippen LogP contribution in [0.25, 0.3) is 22.2 Å². The molecule has 0 saturated carbocycles. The lowest BCUT2D eigenvalue weighted by molar-refractivity contribution is -0.193. The Morgan fingerprint density at radius 2 is 1.48 bits per heavy atom. The van der Waals surface area contributed by atoms with Gasteiger partial charge in [-0.25, -0.2) is 24.4 Å². The number of aromatic nitrogens is 4. The fourth-order valence-corrected chi connectivity index (χ4v) is 4.77. The zero-order valence-corrected chi connectivity index (χ0v) is 27.8. The monoisotopic (exact) mass is 736 g/mol. The van der Waals surface area contributed by atoms with E-state index in [-0.39, 0.29) is 0 Å². The molecule has 5 rings (SSSR count). The number of carboxylic acid groups (broad SMARTS) is 3. The lowest BCUT2D eigenvalue weighted by Crippen LogP contribution is -2.21. The fourth-order valence-electron chi connectivity index (χ4n) is 4.77. The van der Waals surface area contributed by atoms with Crippen LogP contribution in [-0.4, -0.2) is 71.3 Å². The first kappa shape index (κ1) is 40.6. The van der Waals surface area contributed by atoms with Crippen LogP contribution in [0.5, 0.6) is 5.75 Å². The molecule has 0 bridgehead atoms. The van der Waals surface area contributed by atoms with E-state index in [4.69, 9.17) is 29.5 Å². The Kier molecular flexibility index (Phi) is 13.9. The number of imidazole rings is 2. The van der Waals surface area contributed by atoms with Crippen molar-refractivity contribution in [3.8, 4) is 16.9 Å². The van der Waals surface area contributed by atoms with Gasteiger partial charge in [0.1, 0.15) is 23.7 Å². The maximum absolute atomic E-state index is 11.7. The molecular formula is C35H34F6N4O7. The van der Waals surface area contributed by atoms with E-state index in [0.29, 0.717) is 30.8 Å². The third-order valence-electron chi connectivity index (χ3n) is 7.31. The van der Waals surface area contributed by atoms with Crippen LogP contribution >= 0.6 is 0 Å². The summed E-state index contributed by atoms with van der Waals surface area (Å²) in [6.45, 7) is 6.18. The minimum atomic E-state index is -5.08. The number of carboxylic acids is 3. The minimum absolute atomic E-state index is 0.302. The van der Waals surface area contributed by atoms with E-state index < -0.39 is 30.3 Å². The summed E-state index contributed by atoms with van der Waals surface area (Å²) < 4.78 is 74.0. The number of aromatic carboxylic acids is 1. The number of halogens is 6. The summed E-state index contributed by atoms with van der Waals surface area (Å²) in [6.07, 6.45) is -1.63. The highest BCUT2D eigenvalue weighted by Crippen LogP contribution is 2.32. The highest BCUT2D eigenvalue weighted by Gasteiger charge is 2.38. The molecule has 0 unspecified atom stereocenters. The zero-order chi connectivity index (χ0) is 38.6. The molecule has 0 aliphatic rings. The van der Waals surface area contributed by atoms with Crippen molar-refractivity contribution in [2.75, 3.05) is 6.61 Å². The van der Waals surface area contributed by atoms with Crippen molar-refractivity contribution < 1.29 is 60.8 Å². The topological polar surface area (TPSA) is 157 Å². The van der Waals surface area contributed by atoms with Gasteiger partial charge in [0.05, 0.1) is 24.0 Å². The molecule has 17 heteroatoms. The van der Waals surface area contributed by atoms with E-state index in [1.165, 1.54) is 0 Å². The average Bonchev–Trinajstić information content (AvgIpc) is 3.73. The van der Waals surface area contributed by atoms with Gasteiger partial charge in [-0.2, -0.15) is 26.3 Å². The molecule has 0 fully saturated rings. The molecule has 3 N–H and O–H groups in total. The van der Waals surface area contributed by atoms with Crippen LogP contribution in [0.3, 0.4) is 0 Å². The van der Waals surface area contributed by atoms with Crippen molar-refractivity contribution in [1.29, 1.82) is 0 Å². The number of aliphatic carboxylic acids is 2. The third-order valence-corrected chi connectivity index (χ3v) is 7.31. The molecule has 2 aromatic heterocycles. The van der Waals surface area contributed by atoms with E-state index >= 15 is 0 Å². The van der Waals surface area contributed by atoms with Crippen LogP contribution in [0, 0.1) is 6.92 Å². The Hall–Kier alpha value is -5.87. The maximum atomic E-state index is 11.7. The number of rotatable bonds is 11. The Balaban J connectivity index is 0.000000441. The summed E-state index contributed by atoms with van der Waals surface area (Å²) in [5.74, 6) is -4.56. The molecule has 0 radical (unpaired) electrons. The number of benzene rings is 3. The first-order chi connectivity index (χ1) is 24.4. The standard InChI is InChI=1S/C31H32N4O3.2C2HF3O2/c1-3-4-9-28-33-29-22(2)10-15-27(38-19-18-34-17-16-32-21-34)30(29)35(28)20-23-11-13-24(14-12-23)25-7-5-6-8-26(25)31(36)37;2*3-2(4,5)1(6)7/h5-8,10-17,21H,3-4,9,18-20H2,1-2H3,(H,36,37);2*(H,6,7). The Bertz CT molecular complexity index is 1930. The van der Waals surface area contributed by atoms with Gasteiger partial charge in [0.15, 0.2) is 0 Å². The van der Waals surface area contributed by atoms with Crippen LogP contribution in [0.2, 0.25) is 0 Å². The second-order valence-corrected chi connectivity index (χ2v) is 11.1. The molecule has 5 aromatic rings. The van der Waals surface area contributed by atoms with Gasteiger partial charge in [-0.05, 0) is 47.7 Å². The van der Waals surface area contributed by atoms with E-state index in [2.05, 4.69) is 41.6 Å². The number of ether oxygens (including phenoxy) is 1. The summed E-state index contributed by atoms with van der Waals surface area (Å²) in [5.41, 5.74) is 6.13. The van der Waals surface area contributed by atoms with Crippen molar-refractivity contribution in [2.24, 2.45) is 0 Å². The molecular weight excluding hydrogens is 702 g/mol. The van der Waals surface area contributed by atoms with Crippen LogP contribution < -0.4 is 4.74 Å². The van der Waals surface area contributed by atoms with Gasteiger partial charge in [-0.1, -0.05) is 61.9 Å². The highest BCUT2D eigenvalue weighted by atomic mass is 19.4. The third kappa shape index (κ3) is 11.3. The maximum Gasteiger partial charge on any atom is 0.490 e. The number of alkyl halides is 6. The van der Waals surface area contributed by atoms with Crippen molar-refractivity contribution in [1.82, 2.24) is 19.1 Å². The van der Waals surface area contributed by atoms with Crippen molar-refractivity contribution in [3.63, 3.8) is 0 Å². The first-order valence-electron chi connectivity index (χ1n) is 15.5. The lowest BCUT2D eigenvalue weighted by atomic mass is 9.98. The van der Waals surface area contributed by atoms with Crippen molar-refractivity contribution in [2.45, 2.75) is 58.6 Å². The van der Waals surface area contributed by atoms with Crippen LogP contribution in [0.15, 0.2) is 79.4 Å². The van der Waals surface area contributed by atoms with Crippen LogP contribution in [0.4, 0.5) is 26.3 Å². The second kappa shape index (κ2) is 17.9. The zero-order valence-electron chi connectivity index (χ0n) is 27.8. The molecule has 11 nitrogen and oxygen atoms in total. The number of hydrogen-bond donors (Lipinski definition) is 3.